The second-order valence-corrected chi connectivity index (χ2v) is 5.58. The van der Waals surface area contributed by atoms with E-state index in [1.807, 2.05) is 7.05 Å². The van der Waals surface area contributed by atoms with Gasteiger partial charge in [0.25, 0.3) is 0 Å². The van der Waals surface area contributed by atoms with Crippen LogP contribution < -0.4 is 10.5 Å². The van der Waals surface area contributed by atoms with Crippen molar-refractivity contribution in [1.29, 1.82) is 0 Å². The van der Waals surface area contributed by atoms with Gasteiger partial charge in [-0.3, -0.25) is 0 Å². The van der Waals surface area contributed by atoms with Crippen molar-refractivity contribution < 1.29 is 8.42 Å². The lowest BCUT2D eigenvalue weighted by molar-refractivity contribution is 0.597. The van der Waals surface area contributed by atoms with E-state index in [9.17, 15) is 8.42 Å². The summed E-state index contributed by atoms with van der Waals surface area (Å²) in [5.74, 6) is 0. The molecule has 0 aliphatic carbocycles. The molecule has 6 heteroatoms. The van der Waals surface area contributed by atoms with Gasteiger partial charge in [0.05, 0.1) is 4.90 Å². The van der Waals surface area contributed by atoms with Gasteiger partial charge in [-0.2, -0.15) is 0 Å². The summed E-state index contributed by atoms with van der Waals surface area (Å²) in [5, 5.41) is 7.98. The minimum absolute atomic E-state index is 0.239. The van der Waals surface area contributed by atoms with E-state index >= 15 is 0 Å². The average molecular weight is 220 g/mol. The summed E-state index contributed by atoms with van der Waals surface area (Å²) in [4.78, 5) is 1.96. The predicted molar refractivity (Wildman–Crippen MR) is 53.2 cm³/mol. The zero-order valence-electron chi connectivity index (χ0n) is 7.49. The molecular weight excluding hydrogens is 208 g/mol. The maximum atomic E-state index is 11.0. The first kappa shape index (κ1) is 10.6. The zero-order chi connectivity index (χ0) is 10.1. The molecule has 0 aliphatic heterocycles. The lowest BCUT2D eigenvalue weighted by Crippen LogP contribution is -2.12. The van der Waals surface area contributed by atoms with E-state index in [0.29, 0.717) is 6.54 Å². The van der Waals surface area contributed by atoms with Gasteiger partial charge in [-0.05, 0) is 20.0 Å². The Morgan fingerprint density at radius 1 is 1.62 bits per heavy atom. The van der Waals surface area contributed by atoms with Crippen molar-refractivity contribution in [3.8, 4) is 0 Å². The van der Waals surface area contributed by atoms with E-state index in [2.05, 4.69) is 5.32 Å². The van der Waals surface area contributed by atoms with E-state index in [4.69, 9.17) is 5.14 Å². The Hall–Kier alpha value is -0.430. The topological polar surface area (TPSA) is 72.2 Å². The van der Waals surface area contributed by atoms with Crippen molar-refractivity contribution in [3.63, 3.8) is 0 Å². The molecular formula is C7H12N2O2S2. The Labute approximate surface area is 81.8 Å². The molecule has 0 saturated heterocycles. The Kier molecular flexibility index (Phi) is 3.07. The van der Waals surface area contributed by atoms with Gasteiger partial charge >= 0.3 is 0 Å². The molecule has 13 heavy (non-hydrogen) atoms. The lowest BCUT2D eigenvalue weighted by Gasteiger charge is -1.92. The van der Waals surface area contributed by atoms with E-state index in [0.717, 1.165) is 9.75 Å². The van der Waals surface area contributed by atoms with Crippen LogP contribution in [0.25, 0.3) is 0 Å². The van der Waals surface area contributed by atoms with Crippen LogP contribution in [0.15, 0.2) is 11.0 Å². The molecule has 0 unspecified atom stereocenters. The minimum Gasteiger partial charge on any atom is -0.315 e. The third-order valence-corrected chi connectivity index (χ3v) is 3.80. The number of nitrogens with two attached hydrogens (primary N) is 1. The number of primary sulfonamides is 1. The van der Waals surface area contributed by atoms with Gasteiger partial charge in [0.2, 0.25) is 10.0 Å². The van der Waals surface area contributed by atoms with Crippen LogP contribution >= 0.6 is 11.3 Å². The van der Waals surface area contributed by atoms with Crippen molar-refractivity contribution >= 4 is 21.4 Å². The molecule has 0 amide bonds. The van der Waals surface area contributed by atoms with Gasteiger partial charge in [-0.1, -0.05) is 0 Å². The quantitative estimate of drug-likeness (QED) is 0.775. The summed E-state index contributed by atoms with van der Waals surface area (Å²) in [6, 6.07) is 1.62. The van der Waals surface area contributed by atoms with Gasteiger partial charge in [0.15, 0.2) is 0 Å². The molecule has 0 aliphatic rings. The number of sulfonamides is 1. The number of thiophene rings is 1. The fraction of sp³-hybridized carbons (Fsp3) is 0.429. The van der Waals surface area contributed by atoms with Gasteiger partial charge in [-0.15, -0.1) is 11.3 Å². The number of hydrogen-bond acceptors (Lipinski definition) is 4. The predicted octanol–water partition coefficient (Wildman–Crippen LogP) is 0.423. The molecule has 1 aromatic heterocycles. The number of aryl methyl sites for hydroxylation is 1. The number of nitrogens with one attached hydrogen (secondary N) is 1. The maximum absolute atomic E-state index is 11.0. The highest BCUT2D eigenvalue weighted by Gasteiger charge is 2.14. The van der Waals surface area contributed by atoms with Gasteiger partial charge in [0.1, 0.15) is 0 Å². The van der Waals surface area contributed by atoms with Crippen LogP contribution in [0.4, 0.5) is 0 Å². The number of hydrogen-bond donors (Lipinski definition) is 2. The molecule has 0 atom stereocenters. The Balaban J connectivity index is 3.11. The van der Waals surface area contributed by atoms with Crippen LogP contribution in [0.1, 0.15) is 9.75 Å². The molecule has 1 rings (SSSR count). The summed E-state index contributed by atoms with van der Waals surface area (Å²) in [6.07, 6.45) is 0. The molecule has 0 radical (unpaired) electrons. The van der Waals surface area contributed by atoms with Gasteiger partial charge < -0.3 is 5.32 Å². The van der Waals surface area contributed by atoms with E-state index in [1.165, 1.54) is 11.3 Å². The highest BCUT2D eigenvalue weighted by molar-refractivity contribution is 7.89. The fourth-order valence-electron chi connectivity index (χ4n) is 1.07. The van der Waals surface area contributed by atoms with E-state index < -0.39 is 10.0 Å². The van der Waals surface area contributed by atoms with Crippen LogP contribution in [-0.2, 0) is 16.6 Å². The first-order chi connectivity index (χ1) is 5.95. The van der Waals surface area contributed by atoms with Crippen molar-refractivity contribution in [1.82, 2.24) is 5.32 Å². The molecule has 0 fully saturated rings. The molecule has 4 nitrogen and oxygen atoms in total. The van der Waals surface area contributed by atoms with Crippen LogP contribution in [0.2, 0.25) is 0 Å². The van der Waals surface area contributed by atoms with E-state index in [1.54, 1.807) is 13.0 Å². The average Bonchev–Trinajstić information content (AvgIpc) is 2.30. The summed E-state index contributed by atoms with van der Waals surface area (Å²) in [6.45, 7) is 2.42. The molecule has 0 bridgehead atoms. The Morgan fingerprint density at radius 2 is 2.23 bits per heavy atom. The largest absolute Gasteiger partial charge is 0.315 e. The zero-order valence-corrected chi connectivity index (χ0v) is 9.13. The number of rotatable bonds is 3. The normalized spacial score (nSPS) is 11.9. The molecule has 0 spiro atoms. The molecule has 0 saturated carbocycles. The first-order valence-electron chi connectivity index (χ1n) is 3.72. The first-order valence-corrected chi connectivity index (χ1v) is 6.08. The minimum atomic E-state index is -3.55. The smallest absolute Gasteiger partial charge is 0.239 e. The van der Waals surface area contributed by atoms with Gasteiger partial charge in [0, 0.05) is 16.3 Å². The lowest BCUT2D eigenvalue weighted by atomic mass is 10.4. The van der Waals surface area contributed by atoms with Crippen molar-refractivity contribution in [2.45, 2.75) is 18.4 Å². The monoisotopic (exact) mass is 220 g/mol. The summed E-state index contributed by atoms with van der Waals surface area (Å²) >= 11 is 1.44. The molecule has 0 aromatic carbocycles. The second kappa shape index (κ2) is 3.75. The third kappa shape index (κ3) is 2.50. The van der Waals surface area contributed by atoms with Crippen LogP contribution in [0, 0.1) is 6.92 Å². The third-order valence-electron chi connectivity index (χ3n) is 1.58. The fourth-order valence-corrected chi connectivity index (χ4v) is 3.27. The van der Waals surface area contributed by atoms with Crippen LogP contribution in [-0.4, -0.2) is 15.5 Å². The second-order valence-electron chi connectivity index (χ2n) is 2.71. The molecule has 1 aromatic rings. The molecule has 1 heterocycles. The SMILES string of the molecule is CNCc1cc(S(N)(=O)=O)c(C)s1. The summed E-state index contributed by atoms with van der Waals surface area (Å²) < 4.78 is 22.1. The summed E-state index contributed by atoms with van der Waals surface area (Å²) in [5.41, 5.74) is 0. The highest BCUT2D eigenvalue weighted by atomic mass is 32.2. The Bertz CT molecular complexity index is 395. The highest BCUT2D eigenvalue weighted by Crippen LogP contribution is 2.24. The molecule has 3 N–H and O–H groups in total. The standard InChI is InChI=1S/C7H12N2O2S2/c1-5-7(13(8,10)11)3-6(12-5)4-9-2/h3,9H,4H2,1-2H3,(H2,8,10,11). The molecule has 74 valence electrons. The van der Waals surface area contributed by atoms with E-state index in [-0.39, 0.29) is 4.90 Å². The summed E-state index contributed by atoms with van der Waals surface area (Å²) in [7, 11) is -1.74. The maximum Gasteiger partial charge on any atom is 0.239 e. The Morgan fingerprint density at radius 3 is 2.62 bits per heavy atom. The van der Waals surface area contributed by atoms with Crippen molar-refractivity contribution in [3.05, 3.63) is 15.8 Å². The van der Waals surface area contributed by atoms with Gasteiger partial charge in [-0.25, -0.2) is 13.6 Å². The van der Waals surface area contributed by atoms with Crippen molar-refractivity contribution in [2.24, 2.45) is 5.14 Å². The van der Waals surface area contributed by atoms with Crippen molar-refractivity contribution in [2.75, 3.05) is 7.05 Å². The van der Waals surface area contributed by atoms with Crippen LogP contribution in [0.5, 0.6) is 0 Å². The van der Waals surface area contributed by atoms with Crippen LogP contribution in [0.3, 0.4) is 0 Å².